The maximum Gasteiger partial charge on any atom is 0.338 e. The van der Waals surface area contributed by atoms with Crippen LogP contribution in [0.15, 0.2) is 42.5 Å². The van der Waals surface area contributed by atoms with Crippen LogP contribution in [0.1, 0.15) is 34.1 Å². The summed E-state index contributed by atoms with van der Waals surface area (Å²) in [5.41, 5.74) is 1.21. The minimum Gasteiger partial charge on any atom is -0.506 e. The molecule has 0 aliphatic carbocycles. The molecule has 0 bridgehead atoms. The zero-order chi connectivity index (χ0) is 22.5. The van der Waals surface area contributed by atoms with Gasteiger partial charge in [-0.1, -0.05) is 0 Å². The molecule has 1 fully saturated rings. The summed E-state index contributed by atoms with van der Waals surface area (Å²) in [5.74, 6) is -2.63. The van der Waals surface area contributed by atoms with E-state index in [1.54, 1.807) is 31.2 Å². The maximum absolute atomic E-state index is 12.6. The molecular weight excluding hydrogens is 404 g/mol. The molecule has 9 nitrogen and oxygen atoms in total. The summed E-state index contributed by atoms with van der Waals surface area (Å²) in [6, 6.07) is 10.4. The van der Waals surface area contributed by atoms with Crippen molar-refractivity contribution in [3.63, 3.8) is 0 Å². The van der Waals surface area contributed by atoms with Crippen LogP contribution in [0, 0.1) is 5.92 Å². The first-order valence-corrected chi connectivity index (χ1v) is 9.63. The number of anilines is 2. The average molecular weight is 426 g/mol. The summed E-state index contributed by atoms with van der Waals surface area (Å²) in [4.78, 5) is 49.8. The molecule has 1 unspecified atom stereocenters. The van der Waals surface area contributed by atoms with Crippen molar-refractivity contribution < 1.29 is 33.8 Å². The highest BCUT2D eigenvalue weighted by atomic mass is 16.5. The van der Waals surface area contributed by atoms with E-state index in [2.05, 4.69) is 10.1 Å². The molecule has 1 atom stereocenters. The van der Waals surface area contributed by atoms with Crippen molar-refractivity contribution in [1.29, 1.82) is 0 Å². The van der Waals surface area contributed by atoms with Gasteiger partial charge in [0.1, 0.15) is 5.75 Å². The van der Waals surface area contributed by atoms with Crippen molar-refractivity contribution in [1.82, 2.24) is 0 Å². The number of ether oxygens (including phenoxy) is 2. The van der Waals surface area contributed by atoms with Gasteiger partial charge >= 0.3 is 11.9 Å². The highest BCUT2D eigenvalue weighted by molar-refractivity contribution is 6.04. The van der Waals surface area contributed by atoms with E-state index in [1.807, 2.05) is 0 Å². The lowest BCUT2D eigenvalue weighted by Crippen LogP contribution is -2.28. The van der Waals surface area contributed by atoms with Crippen molar-refractivity contribution in [2.45, 2.75) is 13.3 Å². The Morgan fingerprint density at radius 3 is 2.39 bits per heavy atom. The number of nitrogens with zero attached hydrogens (tertiary/aromatic N) is 1. The van der Waals surface area contributed by atoms with Crippen molar-refractivity contribution in [3.05, 3.63) is 53.6 Å². The number of rotatable bonds is 6. The number of carbonyl (C=O) groups is 4. The molecule has 0 spiro atoms. The summed E-state index contributed by atoms with van der Waals surface area (Å²) >= 11 is 0. The first-order valence-electron chi connectivity index (χ1n) is 9.63. The molecule has 9 heteroatoms. The quantitative estimate of drug-likeness (QED) is 0.537. The summed E-state index contributed by atoms with van der Waals surface area (Å²) in [7, 11) is 1.22. The number of phenolic OH excluding ortho intramolecular Hbond substituents is 1. The van der Waals surface area contributed by atoms with Gasteiger partial charge in [-0.2, -0.15) is 0 Å². The largest absolute Gasteiger partial charge is 0.506 e. The fourth-order valence-corrected chi connectivity index (χ4v) is 3.24. The second-order valence-electron chi connectivity index (χ2n) is 6.89. The molecule has 1 aliphatic heterocycles. The number of benzene rings is 2. The van der Waals surface area contributed by atoms with Gasteiger partial charge in [0.15, 0.2) is 0 Å². The van der Waals surface area contributed by atoms with E-state index in [4.69, 9.17) is 4.74 Å². The van der Waals surface area contributed by atoms with E-state index < -0.39 is 23.8 Å². The van der Waals surface area contributed by atoms with E-state index in [0.717, 1.165) is 0 Å². The van der Waals surface area contributed by atoms with Gasteiger partial charge in [0.2, 0.25) is 11.8 Å². The van der Waals surface area contributed by atoms with Gasteiger partial charge in [-0.3, -0.25) is 9.59 Å². The molecule has 162 valence electrons. The van der Waals surface area contributed by atoms with Gasteiger partial charge in [-0.15, -0.1) is 0 Å². The van der Waals surface area contributed by atoms with E-state index >= 15 is 0 Å². The minimum absolute atomic E-state index is 0.00642. The van der Waals surface area contributed by atoms with Crippen LogP contribution in [0.4, 0.5) is 11.4 Å². The van der Waals surface area contributed by atoms with E-state index in [1.165, 1.54) is 30.2 Å². The SMILES string of the molecule is CCOC(=O)c1ccc(N2CC(C(=O)Nc3ccc(C(=O)OC)cc3O)CC2=O)cc1. The Hall–Kier alpha value is -3.88. The number of hydrogen-bond donors (Lipinski definition) is 2. The average Bonchev–Trinajstić information content (AvgIpc) is 3.16. The second-order valence-corrected chi connectivity index (χ2v) is 6.89. The van der Waals surface area contributed by atoms with Gasteiger partial charge in [0, 0.05) is 18.7 Å². The number of aromatic hydroxyl groups is 1. The summed E-state index contributed by atoms with van der Waals surface area (Å²) in [6.45, 7) is 2.14. The monoisotopic (exact) mass is 426 g/mol. The standard InChI is InChI=1S/C22H22N2O7/c1-3-31-22(29)13-4-7-16(8-5-13)24-12-15(11-19(24)26)20(27)23-17-9-6-14(10-18(17)25)21(28)30-2/h4-10,15,25H,3,11-12H2,1-2H3,(H,23,27). The zero-order valence-corrected chi connectivity index (χ0v) is 17.1. The molecule has 2 aromatic carbocycles. The fourth-order valence-electron chi connectivity index (χ4n) is 3.24. The molecule has 0 saturated carbocycles. The third-order valence-corrected chi connectivity index (χ3v) is 4.86. The second kappa shape index (κ2) is 9.29. The van der Waals surface area contributed by atoms with Crippen LogP contribution in [-0.2, 0) is 19.1 Å². The minimum atomic E-state index is -0.628. The third kappa shape index (κ3) is 4.82. The van der Waals surface area contributed by atoms with Crippen molar-refractivity contribution in [2.75, 3.05) is 30.5 Å². The van der Waals surface area contributed by atoms with Crippen molar-refractivity contribution >= 4 is 35.1 Å². The molecule has 2 amide bonds. The van der Waals surface area contributed by atoms with Gasteiger partial charge < -0.3 is 24.8 Å². The smallest absolute Gasteiger partial charge is 0.338 e. The zero-order valence-electron chi connectivity index (χ0n) is 17.1. The highest BCUT2D eigenvalue weighted by Crippen LogP contribution is 2.29. The predicted molar refractivity (Wildman–Crippen MR) is 111 cm³/mol. The number of esters is 2. The van der Waals surface area contributed by atoms with Gasteiger partial charge in [0.05, 0.1) is 36.4 Å². The maximum atomic E-state index is 12.6. The highest BCUT2D eigenvalue weighted by Gasteiger charge is 2.35. The number of hydrogen-bond acceptors (Lipinski definition) is 7. The summed E-state index contributed by atoms with van der Waals surface area (Å²) in [6.07, 6.45) is 0.00642. The normalized spacial score (nSPS) is 15.5. The Kier molecular flexibility index (Phi) is 6.54. The lowest BCUT2D eigenvalue weighted by molar-refractivity contribution is -0.122. The molecule has 1 saturated heterocycles. The Morgan fingerprint density at radius 1 is 1.10 bits per heavy atom. The van der Waals surface area contributed by atoms with Gasteiger partial charge in [0.25, 0.3) is 0 Å². The molecule has 2 N–H and O–H groups in total. The van der Waals surface area contributed by atoms with E-state index in [0.29, 0.717) is 11.3 Å². The molecule has 2 aromatic rings. The van der Waals surface area contributed by atoms with E-state index in [-0.39, 0.29) is 42.5 Å². The number of amides is 2. The molecule has 1 aliphatic rings. The molecule has 0 radical (unpaired) electrons. The lowest BCUT2D eigenvalue weighted by Gasteiger charge is -2.17. The number of nitrogens with one attached hydrogen (secondary N) is 1. The van der Waals surface area contributed by atoms with Crippen LogP contribution in [0.2, 0.25) is 0 Å². The Labute approximate surface area is 178 Å². The Bertz CT molecular complexity index is 1020. The molecule has 0 aromatic heterocycles. The predicted octanol–water partition coefficient (Wildman–Crippen LogP) is 2.35. The molecular formula is C22H22N2O7. The van der Waals surface area contributed by atoms with Crippen LogP contribution >= 0.6 is 0 Å². The fraction of sp³-hybridized carbons (Fsp3) is 0.273. The molecule has 31 heavy (non-hydrogen) atoms. The number of methoxy groups -OCH3 is 1. The third-order valence-electron chi connectivity index (χ3n) is 4.86. The number of carbonyl (C=O) groups excluding carboxylic acids is 4. The molecule has 3 rings (SSSR count). The van der Waals surface area contributed by atoms with Crippen LogP contribution < -0.4 is 10.2 Å². The number of phenols is 1. The van der Waals surface area contributed by atoms with Crippen LogP contribution in [0.3, 0.4) is 0 Å². The Balaban J connectivity index is 1.66. The van der Waals surface area contributed by atoms with Crippen molar-refractivity contribution in [2.24, 2.45) is 5.92 Å². The Morgan fingerprint density at radius 2 is 1.77 bits per heavy atom. The van der Waals surface area contributed by atoms with Crippen LogP contribution in [0.25, 0.3) is 0 Å². The lowest BCUT2D eigenvalue weighted by atomic mass is 10.1. The van der Waals surface area contributed by atoms with Gasteiger partial charge in [-0.05, 0) is 49.4 Å². The van der Waals surface area contributed by atoms with E-state index in [9.17, 15) is 24.3 Å². The first-order chi connectivity index (χ1) is 14.8. The van der Waals surface area contributed by atoms with Gasteiger partial charge in [-0.25, -0.2) is 9.59 Å². The molecule has 1 heterocycles. The topological polar surface area (TPSA) is 122 Å². The summed E-state index contributed by atoms with van der Waals surface area (Å²) in [5, 5.41) is 12.7. The van der Waals surface area contributed by atoms with Crippen LogP contribution in [0.5, 0.6) is 5.75 Å². The van der Waals surface area contributed by atoms with Crippen LogP contribution in [-0.4, -0.2) is 49.1 Å². The van der Waals surface area contributed by atoms with Crippen molar-refractivity contribution in [3.8, 4) is 5.75 Å². The first kappa shape index (κ1) is 21.8. The summed E-state index contributed by atoms with van der Waals surface area (Å²) < 4.78 is 9.52.